The molecule has 1 aliphatic carbocycles. The van der Waals surface area contributed by atoms with E-state index in [1.807, 2.05) is 24.3 Å². The molecule has 1 amide bonds. The Kier molecular flexibility index (Phi) is 4.11. The van der Waals surface area contributed by atoms with E-state index in [1.54, 1.807) is 6.07 Å². The largest absolute Gasteiger partial charge is 0.352 e. The van der Waals surface area contributed by atoms with Gasteiger partial charge >= 0.3 is 0 Å². The van der Waals surface area contributed by atoms with Crippen LogP contribution < -0.4 is 5.32 Å². The van der Waals surface area contributed by atoms with E-state index >= 15 is 0 Å². The van der Waals surface area contributed by atoms with Crippen LogP contribution in [0.3, 0.4) is 0 Å². The Labute approximate surface area is 129 Å². The van der Waals surface area contributed by atoms with Gasteiger partial charge in [0.15, 0.2) is 0 Å². The van der Waals surface area contributed by atoms with Crippen LogP contribution in [0.4, 0.5) is 0 Å². The summed E-state index contributed by atoms with van der Waals surface area (Å²) < 4.78 is 0. The van der Waals surface area contributed by atoms with E-state index in [9.17, 15) is 4.79 Å². The SMILES string of the molecule is CC1CCCC1CNC(=O)c1cc(Cl)nc2ccccc12. The van der Waals surface area contributed by atoms with Gasteiger partial charge in [-0.1, -0.05) is 49.6 Å². The maximum atomic E-state index is 12.5. The number of nitrogens with zero attached hydrogens (tertiary/aromatic N) is 1. The van der Waals surface area contributed by atoms with E-state index in [2.05, 4.69) is 17.2 Å². The van der Waals surface area contributed by atoms with Crippen molar-refractivity contribution < 1.29 is 4.79 Å². The average Bonchev–Trinajstić information content (AvgIpc) is 2.89. The number of rotatable bonds is 3. The van der Waals surface area contributed by atoms with Crippen molar-refractivity contribution in [2.75, 3.05) is 6.54 Å². The summed E-state index contributed by atoms with van der Waals surface area (Å²) in [7, 11) is 0. The Morgan fingerprint density at radius 1 is 1.38 bits per heavy atom. The van der Waals surface area contributed by atoms with Crippen molar-refractivity contribution in [2.24, 2.45) is 11.8 Å². The second-order valence-corrected chi connectivity index (χ2v) is 6.28. The smallest absolute Gasteiger partial charge is 0.252 e. The molecule has 0 bridgehead atoms. The van der Waals surface area contributed by atoms with Crippen LogP contribution in [0.15, 0.2) is 30.3 Å². The first-order valence-electron chi connectivity index (χ1n) is 7.48. The number of carbonyl (C=O) groups is 1. The lowest BCUT2D eigenvalue weighted by Gasteiger charge is -2.16. The summed E-state index contributed by atoms with van der Waals surface area (Å²) in [5.74, 6) is 1.23. The van der Waals surface area contributed by atoms with Gasteiger partial charge in [0.1, 0.15) is 5.15 Å². The van der Waals surface area contributed by atoms with Gasteiger partial charge in [0.05, 0.1) is 11.1 Å². The van der Waals surface area contributed by atoms with Crippen LogP contribution in [0.25, 0.3) is 10.9 Å². The number of pyridine rings is 1. The maximum absolute atomic E-state index is 12.5. The lowest BCUT2D eigenvalue weighted by Crippen LogP contribution is -2.30. The third-order valence-corrected chi connectivity index (χ3v) is 4.69. The van der Waals surface area contributed by atoms with E-state index in [4.69, 9.17) is 11.6 Å². The number of benzene rings is 1. The number of nitrogens with one attached hydrogen (secondary N) is 1. The van der Waals surface area contributed by atoms with Crippen molar-refractivity contribution in [3.05, 3.63) is 41.0 Å². The predicted octanol–water partition coefficient (Wildman–Crippen LogP) is 4.05. The lowest BCUT2D eigenvalue weighted by atomic mass is 9.98. The minimum atomic E-state index is -0.0606. The fourth-order valence-electron chi connectivity index (χ4n) is 3.18. The summed E-state index contributed by atoms with van der Waals surface area (Å²) >= 11 is 6.03. The molecule has 2 unspecified atom stereocenters. The van der Waals surface area contributed by atoms with Gasteiger partial charge in [-0.25, -0.2) is 4.98 Å². The normalized spacial score (nSPS) is 21.6. The van der Waals surface area contributed by atoms with Crippen LogP contribution in [-0.4, -0.2) is 17.4 Å². The zero-order chi connectivity index (χ0) is 14.8. The highest BCUT2D eigenvalue weighted by atomic mass is 35.5. The highest BCUT2D eigenvalue weighted by molar-refractivity contribution is 6.30. The number of fused-ring (bicyclic) bond motifs is 1. The molecule has 0 aliphatic heterocycles. The van der Waals surface area contributed by atoms with E-state index in [1.165, 1.54) is 19.3 Å². The third kappa shape index (κ3) is 3.03. The van der Waals surface area contributed by atoms with Crippen LogP contribution in [-0.2, 0) is 0 Å². The Morgan fingerprint density at radius 2 is 2.19 bits per heavy atom. The number of aromatic nitrogens is 1. The minimum absolute atomic E-state index is 0.0606. The molecule has 4 heteroatoms. The zero-order valence-electron chi connectivity index (χ0n) is 12.1. The number of hydrogen-bond acceptors (Lipinski definition) is 2. The van der Waals surface area contributed by atoms with Crippen molar-refractivity contribution in [1.29, 1.82) is 0 Å². The summed E-state index contributed by atoms with van der Waals surface area (Å²) in [5.41, 5.74) is 1.36. The first-order valence-corrected chi connectivity index (χ1v) is 7.86. The summed E-state index contributed by atoms with van der Waals surface area (Å²) in [6.07, 6.45) is 3.75. The average molecular weight is 303 g/mol. The highest BCUT2D eigenvalue weighted by Gasteiger charge is 2.24. The number of para-hydroxylation sites is 1. The quantitative estimate of drug-likeness (QED) is 0.869. The Hall–Kier alpha value is -1.61. The molecule has 1 fully saturated rings. The van der Waals surface area contributed by atoms with E-state index < -0.39 is 0 Å². The molecule has 1 heterocycles. The topological polar surface area (TPSA) is 42.0 Å². The van der Waals surface area contributed by atoms with Crippen molar-refractivity contribution in [3.8, 4) is 0 Å². The first-order chi connectivity index (χ1) is 10.1. The fourth-order valence-corrected chi connectivity index (χ4v) is 3.38. The van der Waals surface area contributed by atoms with Gasteiger partial charge in [0.25, 0.3) is 5.91 Å². The van der Waals surface area contributed by atoms with E-state index in [0.29, 0.717) is 22.6 Å². The van der Waals surface area contributed by atoms with Gasteiger partial charge in [-0.15, -0.1) is 0 Å². The van der Waals surface area contributed by atoms with Gasteiger partial charge in [0, 0.05) is 11.9 Å². The Bertz CT molecular complexity index is 671. The first kappa shape index (κ1) is 14.3. The van der Waals surface area contributed by atoms with E-state index in [-0.39, 0.29) is 5.91 Å². The standard InChI is InChI=1S/C17H19ClN2O/c1-11-5-4-6-12(11)10-19-17(21)14-9-16(18)20-15-8-3-2-7-13(14)15/h2-3,7-9,11-12H,4-6,10H2,1H3,(H,19,21). The molecule has 1 saturated carbocycles. The van der Waals surface area contributed by atoms with Gasteiger partial charge in [-0.3, -0.25) is 4.79 Å². The summed E-state index contributed by atoms with van der Waals surface area (Å²) in [6, 6.07) is 9.24. The predicted molar refractivity (Wildman–Crippen MR) is 85.6 cm³/mol. The molecular formula is C17H19ClN2O. The second kappa shape index (κ2) is 6.02. The maximum Gasteiger partial charge on any atom is 0.252 e. The highest BCUT2D eigenvalue weighted by Crippen LogP contribution is 2.30. The number of halogens is 1. The molecule has 0 saturated heterocycles. The number of hydrogen-bond donors (Lipinski definition) is 1. The molecule has 1 aromatic carbocycles. The van der Waals surface area contributed by atoms with Crippen LogP contribution in [0.1, 0.15) is 36.5 Å². The molecule has 3 rings (SSSR count). The monoisotopic (exact) mass is 302 g/mol. The summed E-state index contributed by atoms with van der Waals surface area (Å²) in [4.78, 5) is 16.7. The number of amides is 1. The molecule has 0 spiro atoms. The van der Waals surface area contributed by atoms with Gasteiger partial charge < -0.3 is 5.32 Å². The van der Waals surface area contributed by atoms with Crippen molar-refractivity contribution in [3.63, 3.8) is 0 Å². The Morgan fingerprint density at radius 3 is 2.95 bits per heavy atom. The fraction of sp³-hybridized carbons (Fsp3) is 0.412. The molecule has 21 heavy (non-hydrogen) atoms. The zero-order valence-corrected chi connectivity index (χ0v) is 12.9. The molecule has 2 aromatic rings. The van der Waals surface area contributed by atoms with Gasteiger partial charge in [0.2, 0.25) is 0 Å². The molecular weight excluding hydrogens is 284 g/mol. The van der Waals surface area contributed by atoms with E-state index in [0.717, 1.165) is 17.4 Å². The molecule has 1 N–H and O–H groups in total. The third-order valence-electron chi connectivity index (χ3n) is 4.49. The molecule has 0 radical (unpaired) electrons. The molecule has 2 atom stereocenters. The van der Waals surface area contributed by atoms with Crippen molar-refractivity contribution >= 4 is 28.4 Å². The molecule has 1 aromatic heterocycles. The summed E-state index contributed by atoms with van der Waals surface area (Å²) in [6.45, 7) is 3.01. The van der Waals surface area contributed by atoms with Crippen molar-refractivity contribution in [2.45, 2.75) is 26.2 Å². The second-order valence-electron chi connectivity index (χ2n) is 5.89. The number of carbonyl (C=O) groups excluding carboxylic acids is 1. The van der Waals surface area contributed by atoms with Crippen LogP contribution in [0.5, 0.6) is 0 Å². The van der Waals surface area contributed by atoms with Crippen LogP contribution >= 0.6 is 11.6 Å². The molecule has 110 valence electrons. The molecule has 3 nitrogen and oxygen atoms in total. The van der Waals surface area contributed by atoms with Crippen LogP contribution in [0.2, 0.25) is 5.15 Å². The van der Waals surface area contributed by atoms with Gasteiger partial charge in [-0.2, -0.15) is 0 Å². The van der Waals surface area contributed by atoms with Crippen molar-refractivity contribution in [1.82, 2.24) is 10.3 Å². The summed E-state index contributed by atoms with van der Waals surface area (Å²) in [5, 5.41) is 4.27. The lowest BCUT2D eigenvalue weighted by molar-refractivity contribution is 0.0946. The minimum Gasteiger partial charge on any atom is -0.352 e. The van der Waals surface area contributed by atoms with Crippen LogP contribution in [0, 0.1) is 11.8 Å². The molecule has 1 aliphatic rings. The van der Waals surface area contributed by atoms with Gasteiger partial charge in [-0.05, 0) is 30.4 Å². The Balaban J connectivity index is 1.81.